The number of halogens is 3. The number of rotatable bonds is 3. The third-order valence-electron chi connectivity index (χ3n) is 3.13. The van der Waals surface area contributed by atoms with Gasteiger partial charge >= 0.3 is 6.18 Å². The maximum absolute atomic E-state index is 12.3. The fourth-order valence-corrected chi connectivity index (χ4v) is 2.01. The van der Waals surface area contributed by atoms with Crippen LogP contribution in [0.3, 0.4) is 0 Å². The Balaban J connectivity index is 1.88. The highest BCUT2D eigenvalue weighted by atomic mass is 19.4. The van der Waals surface area contributed by atoms with E-state index in [1.54, 1.807) is 0 Å². The van der Waals surface area contributed by atoms with Crippen LogP contribution in [0, 0.1) is 0 Å². The lowest BCUT2D eigenvalue weighted by atomic mass is 10.1. The minimum atomic E-state index is -4.46. The minimum Gasteiger partial charge on any atom is -0.373 e. The van der Waals surface area contributed by atoms with Crippen LogP contribution in [0.15, 0.2) is 12.4 Å². The lowest BCUT2D eigenvalue weighted by Gasteiger charge is -2.34. The Morgan fingerprint density at radius 2 is 2.10 bits per heavy atom. The van der Waals surface area contributed by atoms with Crippen molar-refractivity contribution in [2.45, 2.75) is 38.3 Å². The lowest BCUT2D eigenvalue weighted by molar-refractivity contribution is -0.141. The lowest BCUT2D eigenvalue weighted by Crippen LogP contribution is -2.53. The van der Waals surface area contributed by atoms with Gasteiger partial charge in [-0.25, -0.2) is 9.97 Å². The third kappa shape index (κ3) is 3.80. The van der Waals surface area contributed by atoms with Crippen LogP contribution >= 0.6 is 0 Å². The number of hydrogen-bond acceptors (Lipinski definition) is 5. The van der Waals surface area contributed by atoms with E-state index in [4.69, 9.17) is 4.74 Å². The molecule has 1 aromatic rings. The molecule has 0 bridgehead atoms. The van der Waals surface area contributed by atoms with Gasteiger partial charge < -0.3 is 15.4 Å². The number of hydrogen-bond donors (Lipinski definition) is 2. The third-order valence-corrected chi connectivity index (χ3v) is 3.13. The van der Waals surface area contributed by atoms with Gasteiger partial charge in [0.05, 0.1) is 30.6 Å². The molecule has 0 aliphatic carbocycles. The summed E-state index contributed by atoms with van der Waals surface area (Å²) in [7, 11) is 0. The smallest absolute Gasteiger partial charge is 0.373 e. The Morgan fingerprint density at radius 1 is 1.35 bits per heavy atom. The van der Waals surface area contributed by atoms with E-state index in [1.807, 2.05) is 13.8 Å². The summed E-state index contributed by atoms with van der Waals surface area (Å²) < 4.78 is 42.7. The highest BCUT2D eigenvalue weighted by molar-refractivity contribution is 5.31. The quantitative estimate of drug-likeness (QED) is 0.887. The number of nitrogens with one attached hydrogen (secondary N) is 2. The van der Waals surface area contributed by atoms with E-state index in [2.05, 4.69) is 20.6 Å². The van der Waals surface area contributed by atoms with Gasteiger partial charge in [-0.15, -0.1) is 0 Å². The first-order chi connectivity index (χ1) is 9.36. The van der Waals surface area contributed by atoms with Gasteiger partial charge in [0.15, 0.2) is 5.69 Å². The molecule has 2 rings (SSSR count). The van der Waals surface area contributed by atoms with Gasteiger partial charge in [0, 0.05) is 13.1 Å². The van der Waals surface area contributed by atoms with E-state index < -0.39 is 11.9 Å². The number of ether oxygens (including phenoxy) is 1. The molecule has 0 spiro atoms. The standard InChI is InChI=1S/C12H17F3N4O/c1-7-3-16-9(8(2)20-7)4-18-11-6-17-10(5-19-11)12(13,14)15/h5-9,16H,3-4H2,1-2H3,(H,18,19)/t7-,8-,9+/m0/s1. The van der Waals surface area contributed by atoms with Crippen molar-refractivity contribution in [3.05, 3.63) is 18.1 Å². The molecule has 112 valence electrons. The Hall–Kier alpha value is -1.41. The number of nitrogens with zero attached hydrogens (tertiary/aromatic N) is 2. The van der Waals surface area contributed by atoms with Crippen molar-refractivity contribution in [2.24, 2.45) is 0 Å². The normalized spacial score (nSPS) is 27.4. The average Bonchev–Trinajstić information content (AvgIpc) is 2.37. The van der Waals surface area contributed by atoms with Crippen LogP contribution in [0.1, 0.15) is 19.5 Å². The summed E-state index contributed by atoms with van der Waals surface area (Å²) in [4.78, 5) is 7.05. The van der Waals surface area contributed by atoms with Gasteiger partial charge in [0.2, 0.25) is 0 Å². The molecule has 1 fully saturated rings. The minimum absolute atomic E-state index is 0.0219. The van der Waals surface area contributed by atoms with Gasteiger partial charge in [-0.2, -0.15) is 13.2 Å². The first-order valence-corrected chi connectivity index (χ1v) is 6.38. The fraction of sp³-hybridized carbons (Fsp3) is 0.667. The summed E-state index contributed by atoms with van der Waals surface area (Å²) in [5.74, 6) is 0.311. The second kappa shape index (κ2) is 5.92. The van der Waals surface area contributed by atoms with Crippen LogP contribution in [0.25, 0.3) is 0 Å². The van der Waals surface area contributed by atoms with E-state index in [1.165, 1.54) is 0 Å². The van der Waals surface area contributed by atoms with Crippen molar-refractivity contribution in [1.29, 1.82) is 0 Å². The molecule has 8 heteroatoms. The molecule has 0 unspecified atom stereocenters. The molecule has 1 aliphatic rings. The van der Waals surface area contributed by atoms with E-state index in [0.29, 0.717) is 12.4 Å². The zero-order chi connectivity index (χ0) is 14.8. The van der Waals surface area contributed by atoms with Crippen LogP contribution < -0.4 is 10.6 Å². The number of aromatic nitrogens is 2. The van der Waals surface area contributed by atoms with Crippen LogP contribution in [0.4, 0.5) is 19.0 Å². The largest absolute Gasteiger partial charge is 0.434 e. The molecule has 1 saturated heterocycles. The van der Waals surface area contributed by atoms with E-state index in [9.17, 15) is 13.2 Å². The fourth-order valence-electron chi connectivity index (χ4n) is 2.01. The molecule has 0 saturated carbocycles. The Morgan fingerprint density at radius 3 is 2.65 bits per heavy atom. The van der Waals surface area contributed by atoms with Gasteiger partial charge in [-0.3, -0.25) is 0 Å². The van der Waals surface area contributed by atoms with Crippen molar-refractivity contribution < 1.29 is 17.9 Å². The summed E-state index contributed by atoms with van der Waals surface area (Å²) in [6.07, 6.45) is -2.48. The Kier molecular flexibility index (Phi) is 4.44. The molecule has 20 heavy (non-hydrogen) atoms. The predicted molar refractivity (Wildman–Crippen MR) is 67.3 cm³/mol. The molecule has 0 aromatic carbocycles. The summed E-state index contributed by atoms with van der Waals surface area (Å²) in [5.41, 5.74) is -0.996. The molecule has 0 amide bonds. The molecule has 1 aliphatic heterocycles. The van der Waals surface area contributed by atoms with Gasteiger partial charge in [-0.1, -0.05) is 0 Å². The van der Waals surface area contributed by atoms with E-state index in [0.717, 1.165) is 18.9 Å². The maximum Gasteiger partial charge on any atom is 0.434 e. The van der Waals surface area contributed by atoms with Crippen molar-refractivity contribution in [3.8, 4) is 0 Å². The first kappa shape index (κ1) is 15.0. The maximum atomic E-state index is 12.3. The number of anilines is 1. The summed E-state index contributed by atoms with van der Waals surface area (Å²) >= 11 is 0. The molecule has 2 N–H and O–H groups in total. The van der Waals surface area contributed by atoms with Crippen LogP contribution in [-0.2, 0) is 10.9 Å². The molecule has 0 radical (unpaired) electrons. The number of morpholine rings is 1. The van der Waals surface area contributed by atoms with Crippen molar-refractivity contribution >= 4 is 5.82 Å². The monoisotopic (exact) mass is 290 g/mol. The van der Waals surface area contributed by atoms with Gasteiger partial charge in [-0.05, 0) is 13.8 Å². The van der Waals surface area contributed by atoms with E-state index >= 15 is 0 Å². The summed E-state index contributed by atoms with van der Waals surface area (Å²) in [6, 6.07) is 0.0790. The molecule has 2 heterocycles. The number of alkyl halides is 3. The van der Waals surface area contributed by atoms with Gasteiger partial charge in [0.1, 0.15) is 5.82 Å². The Labute approximate surface area is 114 Å². The molecule has 3 atom stereocenters. The average molecular weight is 290 g/mol. The van der Waals surface area contributed by atoms with Crippen LogP contribution in [0.2, 0.25) is 0 Å². The molecular formula is C12H17F3N4O. The second-order valence-electron chi connectivity index (χ2n) is 4.83. The summed E-state index contributed by atoms with van der Waals surface area (Å²) in [5, 5.41) is 6.26. The van der Waals surface area contributed by atoms with Crippen molar-refractivity contribution in [1.82, 2.24) is 15.3 Å². The SMILES string of the molecule is C[C@@H]1O[C@@H](C)CN[C@@H]1CNc1cnc(C(F)(F)F)cn1. The zero-order valence-electron chi connectivity index (χ0n) is 11.2. The Bertz CT molecular complexity index is 437. The summed E-state index contributed by atoms with van der Waals surface area (Å²) in [6.45, 7) is 5.19. The predicted octanol–water partition coefficient (Wildman–Crippen LogP) is 1.67. The molecular weight excluding hydrogens is 273 g/mol. The topological polar surface area (TPSA) is 59.1 Å². The highest BCUT2D eigenvalue weighted by Gasteiger charge is 2.32. The molecule has 5 nitrogen and oxygen atoms in total. The van der Waals surface area contributed by atoms with Gasteiger partial charge in [0.25, 0.3) is 0 Å². The van der Waals surface area contributed by atoms with Crippen molar-refractivity contribution in [2.75, 3.05) is 18.4 Å². The van der Waals surface area contributed by atoms with Crippen molar-refractivity contribution in [3.63, 3.8) is 0 Å². The first-order valence-electron chi connectivity index (χ1n) is 6.38. The molecule has 1 aromatic heterocycles. The van der Waals surface area contributed by atoms with Crippen LogP contribution in [-0.4, -0.2) is 41.3 Å². The second-order valence-corrected chi connectivity index (χ2v) is 4.83. The van der Waals surface area contributed by atoms with Crippen LogP contribution in [0.5, 0.6) is 0 Å². The van der Waals surface area contributed by atoms with E-state index in [-0.39, 0.29) is 18.2 Å². The highest BCUT2D eigenvalue weighted by Crippen LogP contribution is 2.26. The zero-order valence-corrected chi connectivity index (χ0v) is 11.2.